The Morgan fingerprint density at radius 2 is 1.69 bits per heavy atom. The number of fused-ring (bicyclic) bond motifs is 4. The summed E-state index contributed by atoms with van der Waals surface area (Å²) in [6.45, 7) is 3.75. The van der Waals surface area contributed by atoms with Crippen LogP contribution in [-0.4, -0.2) is 27.7 Å². The molecule has 1 spiro atoms. The third-order valence-electron chi connectivity index (χ3n) is 5.40. The second kappa shape index (κ2) is 6.02. The molecule has 0 unspecified atom stereocenters. The number of aliphatic imine (C=N–C) groups is 1. The second-order valence-corrected chi connectivity index (χ2v) is 7.81. The Bertz CT molecular complexity index is 1140. The van der Waals surface area contributed by atoms with Gasteiger partial charge >= 0.3 is 0 Å². The summed E-state index contributed by atoms with van der Waals surface area (Å²) in [4.78, 5) is 12.9. The fraction of sp³-hybridized carbons (Fsp3) is 0.227. The first-order chi connectivity index (χ1) is 13.9. The van der Waals surface area contributed by atoms with Gasteiger partial charge in [-0.3, -0.25) is 0 Å². The number of nitrogens with zero attached hydrogens (tertiary/aromatic N) is 3. The summed E-state index contributed by atoms with van der Waals surface area (Å²) in [6, 6.07) is 11.7. The van der Waals surface area contributed by atoms with Crippen LogP contribution in [0.1, 0.15) is 30.5 Å². The van der Waals surface area contributed by atoms with Gasteiger partial charge in [0.1, 0.15) is 24.4 Å². The summed E-state index contributed by atoms with van der Waals surface area (Å²) in [7, 11) is 0. The van der Waals surface area contributed by atoms with Gasteiger partial charge in [0.05, 0.1) is 5.60 Å². The average Bonchev–Trinajstić information content (AvgIpc) is 3.10. The fourth-order valence-electron chi connectivity index (χ4n) is 3.86. The van der Waals surface area contributed by atoms with Crippen LogP contribution in [0.3, 0.4) is 0 Å². The average molecular weight is 388 g/mol. The number of aromatic nitrogens is 2. The number of aliphatic hydroxyl groups is 1. The van der Waals surface area contributed by atoms with E-state index in [0.717, 1.165) is 27.8 Å². The molecule has 0 saturated carbocycles. The molecule has 7 heteroatoms. The maximum Gasteiger partial charge on any atom is 0.283 e. The van der Waals surface area contributed by atoms with Crippen molar-refractivity contribution in [1.82, 2.24) is 9.97 Å². The molecule has 0 aliphatic carbocycles. The van der Waals surface area contributed by atoms with E-state index >= 15 is 0 Å². The Hall–Kier alpha value is -3.45. The molecular formula is C22H20N4O3. The largest absolute Gasteiger partial charge is 0.462 e. The first-order valence-electron chi connectivity index (χ1n) is 9.30. The summed E-state index contributed by atoms with van der Waals surface area (Å²) in [5.41, 5.74) is 8.34. The number of rotatable bonds is 2. The molecule has 5 rings (SSSR count). The van der Waals surface area contributed by atoms with Crippen LogP contribution in [-0.2, 0) is 15.9 Å². The second-order valence-electron chi connectivity index (χ2n) is 7.81. The highest BCUT2D eigenvalue weighted by atomic mass is 16.5. The molecule has 29 heavy (non-hydrogen) atoms. The van der Waals surface area contributed by atoms with Crippen molar-refractivity contribution < 1.29 is 14.6 Å². The molecule has 7 nitrogen and oxygen atoms in total. The van der Waals surface area contributed by atoms with E-state index in [1.165, 1.54) is 6.33 Å². The van der Waals surface area contributed by atoms with Gasteiger partial charge < -0.3 is 20.3 Å². The standard InChI is InChI=1S/C22H20N4O3/c1-21(2,27)15-4-6-19-17(8-15)22(11-28-20(23)26-22)16-7-13(3-5-18(16)29-19)14-9-24-12-25-10-14/h3-10,12,27H,11H2,1-2H3,(H2,23,26)/t22-/m1/s1. The molecule has 2 aliphatic rings. The van der Waals surface area contributed by atoms with Gasteiger partial charge in [-0.25, -0.2) is 15.0 Å². The van der Waals surface area contributed by atoms with Gasteiger partial charge in [-0.05, 0) is 49.2 Å². The van der Waals surface area contributed by atoms with Crippen molar-refractivity contribution in [2.24, 2.45) is 10.7 Å². The monoisotopic (exact) mass is 388 g/mol. The predicted octanol–water partition coefficient (Wildman–Crippen LogP) is 3.07. The van der Waals surface area contributed by atoms with Gasteiger partial charge in [-0.1, -0.05) is 12.1 Å². The first-order valence-corrected chi connectivity index (χ1v) is 9.30. The molecule has 1 aromatic heterocycles. The first kappa shape index (κ1) is 17.6. The highest BCUT2D eigenvalue weighted by Gasteiger charge is 2.47. The zero-order valence-electron chi connectivity index (χ0n) is 16.1. The minimum Gasteiger partial charge on any atom is -0.462 e. The summed E-state index contributed by atoms with van der Waals surface area (Å²) >= 11 is 0. The van der Waals surface area contributed by atoms with Crippen molar-refractivity contribution in [2.75, 3.05) is 6.61 Å². The van der Waals surface area contributed by atoms with Crippen LogP contribution in [0.15, 0.2) is 60.1 Å². The van der Waals surface area contributed by atoms with Crippen LogP contribution < -0.4 is 10.5 Å². The Morgan fingerprint density at radius 1 is 1.00 bits per heavy atom. The molecule has 2 aliphatic heterocycles. The number of hydrogen-bond donors (Lipinski definition) is 2. The Labute approximate surface area is 167 Å². The predicted molar refractivity (Wildman–Crippen MR) is 108 cm³/mol. The summed E-state index contributed by atoms with van der Waals surface area (Å²) < 4.78 is 11.8. The summed E-state index contributed by atoms with van der Waals surface area (Å²) in [5.74, 6) is 1.36. The fourth-order valence-corrected chi connectivity index (χ4v) is 3.86. The van der Waals surface area contributed by atoms with E-state index in [2.05, 4.69) is 9.97 Å². The smallest absolute Gasteiger partial charge is 0.283 e. The normalized spacial score (nSPS) is 19.8. The molecule has 3 heterocycles. The minimum atomic E-state index is -1.01. The maximum atomic E-state index is 10.5. The number of hydrogen-bond acceptors (Lipinski definition) is 7. The lowest BCUT2D eigenvalue weighted by Gasteiger charge is -2.34. The van der Waals surface area contributed by atoms with Crippen molar-refractivity contribution in [3.8, 4) is 22.6 Å². The highest BCUT2D eigenvalue weighted by Crippen LogP contribution is 2.52. The van der Waals surface area contributed by atoms with Gasteiger partial charge in [0.25, 0.3) is 6.02 Å². The molecule has 0 radical (unpaired) electrons. The molecule has 3 N–H and O–H groups in total. The molecule has 0 saturated heterocycles. The van der Waals surface area contributed by atoms with Crippen LogP contribution in [0.4, 0.5) is 0 Å². The van der Waals surface area contributed by atoms with Crippen molar-refractivity contribution in [2.45, 2.75) is 25.0 Å². The van der Waals surface area contributed by atoms with Crippen LogP contribution in [0.2, 0.25) is 0 Å². The van der Waals surface area contributed by atoms with Gasteiger partial charge in [-0.2, -0.15) is 0 Å². The molecule has 146 valence electrons. The van der Waals surface area contributed by atoms with E-state index in [4.69, 9.17) is 20.2 Å². The lowest BCUT2D eigenvalue weighted by Crippen LogP contribution is -2.32. The minimum absolute atomic E-state index is 0.130. The Kier molecular flexibility index (Phi) is 3.66. The number of nitrogens with two attached hydrogens (primary N) is 1. The van der Waals surface area contributed by atoms with Crippen molar-refractivity contribution in [3.05, 3.63) is 71.8 Å². The highest BCUT2D eigenvalue weighted by molar-refractivity contribution is 5.78. The number of ether oxygens (including phenoxy) is 2. The van der Waals surface area contributed by atoms with Crippen LogP contribution in [0.5, 0.6) is 11.5 Å². The zero-order valence-corrected chi connectivity index (χ0v) is 16.1. The lowest BCUT2D eigenvalue weighted by molar-refractivity contribution is 0.0783. The molecular weight excluding hydrogens is 368 g/mol. The Morgan fingerprint density at radius 3 is 2.34 bits per heavy atom. The topological polar surface area (TPSA) is 103 Å². The molecule has 2 aromatic carbocycles. The molecule has 0 fully saturated rings. The molecule has 0 bridgehead atoms. The van der Waals surface area contributed by atoms with E-state index in [1.54, 1.807) is 26.2 Å². The van der Waals surface area contributed by atoms with Gasteiger partial charge in [0, 0.05) is 29.1 Å². The van der Waals surface area contributed by atoms with Crippen molar-refractivity contribution in [3.63, 3.8) is 0 Å². The van der Waals surface area contributed by atoms with Crippen LogP contribution in [0, 0.1) is 0 Å². The van der Waals surface area contributed by atoms with Crippen molar-refractivity contribution in [1.29, 1.82) is 0 Å². The number of benzene rings is 2. The third-order valence-corrected chi connectivity index (χ3v) is 5.40. The quantitative estimate of drug-likeness (QED) is 0.699. The van der Waals surface area contributed by atoms with Crippen LogP contribution >= 0.6 is 0 Å². The number of amidine groups is 1. The van der Waals surface area contributed by atoms with E-state index < -0.39 is 11.1 Å². The summed E-state index contributed by atoms with van der Waals surface area (Å²) in [6.07, 6.45) is 5.01. The van der Waals surface area contributed by atoms with Gasteiger partial charge in [0.15, 0.2) is 5.54 Å². The zero-order chi connectivity index (χ0) is 20.2. The molecule has 1 atom stereocenters. The van der Waals surface area contributed by atoms with E-state index in [1.807, 2.05) is 36.4 Å². The molecule has 0 amide bonds. The third kappa shape index (κ3) is 2.74. The summed E-state index contributed by atoms with van der Waals surface area (Å²) in [5, 5.41) is 10.5. The van der Waals surface area contributed by atoms with E-state index in [-0.39, 0.29) is 12.6 Å². The van der Waals surface area contributed by atoms with Crippen LogP contribution in [0.25, 0.3) is 11.1 Å². The van der Waals surface area contributed by atoms with Crippen molar-refractivity contribution >= 4 is 6.02 Å². The maximum absolute atomic E-state index is 10.5. The Balaban J connectivity index is 1.74. The molecule has 3 aromatic rings. The lowest BCUT2D eigenvalue weighted by atomic mass is 9.79. The van der Waals surface area contributed by atoms with E-state index in [0.29, 0.717) is 11.5 Å². The van der Waals surface area contributed by atoms with Gasteiger partial charge in [-0.15, -0.1) is 0 Å². The van der Waals surface area contributed by atoms with Gasteiger partial charge in [0.2, 0.25) is 0 Å². The SMILES string of the molecule is CC(C)(O)c1ccc2c(c1)[C@@]1(COC(N)=N1)c1cc(-c3cncnc3)ccc1O2. The van der Waals surface area contributed by atoms with E-state index in [9.17, 15) is 5.11 Å².